The lowest BCUT2D eigenvalue weighted by Gasteiger charge is -2.00. The van der Waals surface area contributed by atoms with Gasteiger partial charge in [0.05, 0.1) is 38.1 Å². The van der Waals surface area contributed by atoms with Crippen LogP contribution < -0.4 is 0 Å². The van der Waals surface area contributed by atoms with Crippen molar-refractivity contribution in [2.45, 2.75) is 58.9 Å². The highest BCUT2D eigenvalue weighted by molar-refractivity contribution is 5.18. The van der Waals surface area contributed by atoms with Gasteiger partial charge in [-0.05, 0) is 54.2 Å². The van der Waals surface area contributed by atoms with E-state index in [0.29, 0.717) is 0 Å². The first-order chi connectivity index (χ1) is 24.7. The van der Waals surface area contributed by atoms with Gasteiger partial charge in [0.1, 0.15) is 0 Å². The maximum absolute atomic E-state index is 9.02. The van der Waals surface area contributed by atoms with Crippen LogP contribution in [0.1, 0.15) is 72.5 Å². The normalized spacial score (nSPS) is 11.2. The molecule has 0 saturated heterocycles. The highest BCUT2D eigenvalue weighted by atomic mass is 16.3. The van der Waals surface area contributed by atoms with Crippen molar-refractivity contribution >= 4 is 0 Å². The Balaban J connectivity index is 0.000000306. The number of aliphatic hydroxyl groups excluding tert-OH is 6. The van der Waals surface area contributed by atoms with Crippen LogP contribution in [0.25, 0.3) is 0 Å². The van der Waals surface area contributed by atoms with E-state index < -0.39 is 0 Å². The molecule has 0 bridgehead atoms. The van der Waals surface area contributed by atoms with Gasteiger partial charge in [0, 0.05) is 0 Å². The fraction of sp³-hybridized carbons (Fsp3) is 0.200. The van der Waals surface area contributed by atoms with Crippen LogP contribution in [0.2, 0.25) is 0 Å². The maximum atomic E-state index is 9.02. The zero-order chi connectivity index (χ0) is 37.5. The molecule has 3 atom stereocenters. The zero-order valence-electron chi connectivity index (χ0n) is 29.9. The van der Waals surface area contributed by atoms with Gasteiger partial charge in [0.2, 0.25) is 0 Å². The van der Waals surface area contributed by atoms with Gasteiger partial charge in [-0.2, -0.15) is 0 Å². The average Bonchev–Trinajstić information content (AvgIpc) is 3.21. The number of hydrogen-bond donors (Lipinski definition) is 6. The summed E-state index contributed by atoms with van der Waals surface area (Å²) in [6.07, 6.45) is -1.02. The second-order valence-electron chi connectivity index (χ2n) is 11.2. The van der Waals surface area contributed by atoms with Gasteiger partial charge in [-0.15, -0.1) is 0 Å². The van der Waals surface area contributed by atoms with E-state index in [1.807, 2.05) is 182 Å². The van der Waals surface area contributed by atoms with E-state index >= 15 is 0 Å². The minimum Gasteiger partial charge on any atom is -0.392 e. The van der Waals surface area contributed by atoms with Crippen LogP contribution in [-0.4, -0.2) is 30.6 Å². The van der Waals surface area contributed by atoms with Gasteiger partial charge < -0.3 is 30.6 Å². The summed E-state index contributed by atoms with van der Waals surface area (Å²) in [4.78, 5) is 0. The second kappa shape index (κ2) is 28.9. The molecule has 0 aromatic heterocycles. The molecule has 0 heterocycles. The van der Waals surface area contributed by atoms with Gasteiger partial charge in [-0.1, -0.05) is 182 Å². The molecule has 6 nitrogen and oxygen atoms in total. The van der Waals surface area contributed by atoms with Gasteiger partial charge in [-0.25, -0.2) is 0 Å². The molecule has 6 heteroatoms. The SMILES string of the molecule is CC(O)c1ccccc1.CC(O)c1ccccc1.CC(O)c1ccccc1.OCc1ccccc1.OCc1ccccc1.OCc1ccccc1. The van der Waals surface area contributed by atoms with Crippen LogP contribution in [-0.2, 0) is 19.8 Å². The average molecular weight is 691 g/mol. The highest BCUT2D eigenvalue weighted by Crippen LogP contribution is 2.10. The number of aliphatic hydroxyl groups is 6. The fourth-order valence-corrected chi connectivity index (χ4v) is 3.94. The predicted octanol–water partition coefficient (Wildman–Crippen LogP) is 8.76. The molecule has 6 aromatic carbocycles. The summed E-state index contributed by atoms with van der Waals surface area (Å²) >= 11 is 0. The lowest BCUT2D eigenvalue weighted by atomic mass is 10.1. The van der Waals surface area contributed by atoms with Gasteiger partial charge in [-0.3, -0.25) is 0 Å². The summed E-state index contributed by atoms with van der Waals surface area (Å²) in [5.41, 5.74) is 5.81. The molecule has 0 aliphatic rings. The van der Waals surface area contributed by atoms with Crippen molar-refractivity contribution in [2.75, 3.05) is 0 Å². The molecule has 3 unspecified atom stereocenters. The van der Waals surface area contributed by atoms with Crippen molar-refractivity contribution in [3.8, 4) is 0 Å². The van der Waals surface area contributed by atoms with E-state index in [4.69, 9.17) is 30.6 Å². The molecule has 0 amide bonds. The van der Waals surface area contributed by atoms with Crippen molar-refractivity contribution < 1.29 is 30.6 Å². The molecule has 6 rings (SSSR count). The van der Waals surface area contributed by atoms with Crippen LogP contribution >= 0.6 is 0 Å². The van der Waals surface area contributed by atoms with E-state index in [1.165, 1.54) is 0 Å². The Morgan fingerprint density at radius 1 is 0.294 bits per heavy atom. The van der Waals surface area contributed by atoms with Crippen molar-refractivity contribution in [3.63, 3.8) is 0 Å². The molecule has 0 aliphatic carbocycles. The predicted molar refractivity (Wildman–Crippen MR) is 208 cm³/mol. The zero-order valence-corrected chi connectivity index (χ0v) is 29.9. The Labute approximate surface area is 304 Å². The molecule has 6 N–H and O–H groups in total. The lowest BCUT2D eigenvalue weighted by molar-refractivity contribution is 0.199. The van der Waals surface area contributed by atoms with Gasteiger partial charge in [0.25, 0.3) is 0 Å². The summed E-state index contributed by atoms with van der Waals surface area (Å²) in [6, 6.07) is 57.3. The van der Waals surface area contributed by atoms with Crippen molar-refractivity contribution in [1.82, 2.24) is 0 Å². The molecule has 0 spiro atoms. The Kier molecular flexibility index (Phi) is 25.0. The molecule has 6 aromatic rings. The third kappa shape index (κ3) is 22.4. The number of benzene rings is 6. The minimum atomic E-state index is -0.341. The monoisotopic (exact) mass is 690 g/mol. The molecular weight excluding hydrogens is 636 g/mol. The van der Waals surface area contributed by atoms with E-state index in [2.05, 4.69) is 0 Å². The van der Waals surface area contributed by atoms with Crippen molar-refractivity contribution in [3.05, 3.63) is 215 Å². The van der Waals surface area contributed by atoms with E-state index in [1.54, 1.807) is 20.8 Å². The molecule has 0 saturated carbocycles. The van der Waals surface area contributed by atoms with Gasteiger partial charge in [0.15, 0.2) is 0 Å². The third-order valence-electron chi connectivity index (χ3n) is 6.92. The van der Waals surface area contributed by atoms with Gasteiger partial charge >= 0.3 is 0 Å². The van der Waals surface area contributed by atoms with E-state index in [0.717, 1.165) is 33.4 Å². The van der Waals surface area contributed by atoms with E-state index in [9.17, 15) is 0 Å². The molecule has 0 aliphatic heterocycles. The van der Waals surface area contributed by atoms with E-state index in [-0.39, 0.29) is 38.1 Å². The van der Waals surface area contributed by atoms with Crippen LogP contribution in [0.4, 0.5) is 0 Å². The smallest absolute Gasteiger partial charge is 0.0761 e. The molecule has 51 heavy (non-hydrogen) atoms. The Bertz CT molecular complexity index is 1380. The number of hydrogen-bond acceptors (Lipinski definition) is 6. The molecule has 270 valence electrons. The Morgan fingerprint density at radius 2 is 0.451 bits per heavy atom. The van der Waals surface area contributed by atoms with Crippen LogP contribution in [0.15, 0.2) is 182 Å². The molecule has 0 fully saturated rings. The van der Waals surface area contributed by atoms with Crippen LogP contribution in [0.3, 0.4) is 0 Å². The first-order valence-corrected chi connectivity index (χ1v) is 16.8. The first-order valence-electron chi connectivity index (χ1n) is 16.8. The summed E-state index contributed by atoms with van der Waals surface area (Å²) in [7, 11) is 0. The van der Waals surface area contributed by atoms with Crippen molar-refractivity contribution in [1.29, 1.82) is 0 Å². The summed E-state index contributed by atoms with van der Waals surface area (Å²) in [5.74, 6) is 0. The Morgan fingerprint density at radius 3 is 0.549 bits per heavy atom. The topological polar surface area (TPSA) is 121 Å². The summed E-state index contributed by atoms with van der Waals surface area (Å²) < 4.78 is 0. The Hall–Kier alpha value is -4.92. The number of rotatable bonds is 6. The first kappa shape index (κ1) is 44.1. The summed E-state index contributed by atoms with van der Waals surface area (Å²) in [6.45, 7) is 5.70. The lowest BCUT2D eigenvalue weighted by Crippen LogP contribution is -1.87. The molecule has 0 radical (unpaired) electrons. The second-order valence-corrected chi connectivity index (χ2v) is 11.2. The maximum Gasteiger partial charge on any atom is 0.0761 e. The van der Waals surface area contributed by atoms with Crippen LogP contribution in [0, 0.1) is 0 Å². The summed E-state index contributed by atoms with van der Waals surface area (Å²) in [5, 5.41) is 52.7. The largest absolute Gasteiger partial charge is 0.392 e. The van der Waals surface area contributed by atoms with Crippen molar-refractivity contribution in [2.24, 2.45) is 0 Å². The third-order valence-corrected chi connectivity index (χ3v) is 6.92. The fourth-order valence-electron chi connectivity index (χ4n) is 3.94. The highest BCUT2D eigenvalue weighted by Gasteiger charge is 1.96. The molecular formula is C45H54O6. The minimum absolute atomic E-state index is 0.140. The standard InChI is InChI=1S/3C8H10O.3C7H8O/c3*1-7(9)8-5-3-2-4-6-8;3*8-6-7-4-2-1-3-5-7/h3*2-7,9H,1H3;3*1-5,8H,6H2. The van der Waals surface area contributed by atoms with Crippen LogP contribution in [0.5, 0.6) is 0 Å². The quantitative estimate of drug-likeness (QED) is 0.104.